The number of carbonyl (C=O) groups is 1. The summed E-state index contributed by atoms with van der Waals surface area (Å²) in [6.45, 7) is 1.02. The largest absolute Gasteiger partial charge is 0.497 e. The smallest absolute Gasteiger partial charge is 0.280 e. The second kappa shape index (κ2) is 9.19. The minimum absolute atomic E-state index is 0.0131. The highest BCUT2D eigenvalue weighted by atomic mass is 16.6. The molecule has 3 rings (SSSR count). The first-order chi connectivity index (χ1) is 14.4. The van der Waals surface area contributed by atoms with Gasteiger partial charge < -0.3 is 19.4 Å². The molecule has 1 aromatic heterocycles. The van der Waals surface area contributed by atoms with Crippen molar-refractivity contribution in [1.29, 1.82) is 0 Å². The molecule has 3 aromatic rings. The van der Waals surface area contributed by atoms with Gasteiger partial charge in [0.15, 0.2) is 11.5 Å². The van der Waals surface area contributed by atoms with Crippen molar-refractivity contribution in [3.8, 4) is 28.5 Å². The van der Waals surface area contributed by atoms with E-state index in [0.29, 0.717) is 24.4 Å². The van der Waals surface area contributed by atoms with Crippen LogP contribution in [0.25, 0.3) is 22.8 Å². The maximum absolute atomic E-state index is 12.8. The number of para-hydroxylation sites is 1. The number of nitro groups is 1. The summed E-state index contributed by atoms with van der Waals surface area (Å²) in [5.41, 5.74) is 0.581. The molecule has 0 spiro atoms. The molecule has 1 N–H and O–H groups in total. The Morgan fingerprint density at radius 2 is 2.00 bits per heavy atom. The van der Waals surface area contributed by atoms with E-state index in [1.807, 2.05) is 19.0 Å². The number of likely N-dealkylation sites (N-methyl/N-ethyl adjacent to an activating group) is 1. The van der Waals surface area contributed by atoms with Gasteiger partial charge in [-0.2, -0.15) is 0 Å². The van der Waals surface area contributed by atoms with E-state index in [-0.39, 0.29) is 28.6 Å². The molecule has 30 heavy (non-hydrogen) atoms. The van der Waals surface area contributed by atoms with Gasteiger partial charge in [-0.3, -0.25) is 14.9 Å². The zero-order chi connectivity index (χ0) is 21.7. The number of methoxy groups -OCH3 is 1. The third kappa shape index (κ3) is 4.64. The number of nitrogens with one attached hydrogen (secondary N) is 1. The molecule has 0 radical (unpaired) electrons. The van der Waals surface area contributed by atoms with Gasteiger partial charge in [0.2, 0.25) is 5.89 Å². The lowest BCUT2D eigenvalue weighted by atomic mass is 10.1. The fourth-order valence-corrected chi connectivity index (χ4v) is 2.84. The van der Waals surface area contributed by atoms with Gasteiger partial charge in [0.1, 0.15) is 5.75 Å². The average Bonchev–Trinajstić information content (AvgIpc) is 3.19. The molecule has 2 aromatic carbocycles. The SMILES string of the molecule is COc1cccc(-c2nc(C(=O)NCCN(C)C)c(-c3ccccc3[N+](=O)[O-])o2)c1. The highest BCUT2D eigenvalue weighted by molar-refractivity contribution is 5.99. The Balaban J connectivity index is 2.08. The summed E-state index contributed by atoms with van der Waals surface area (Å²) >= 11 is 0. The summed E-state index contributed by atoms with van der Waals surface area (Å²) in [5, 5.41) is 14.3. The number of rotatable bonds is 8. The number of nitro benzene ring substituents is 1. The van der Waals surface area contributed by atoms with Crippen molar-refractivity contribution in [3.05, 3.63) is 64.3 Å². The monoisotopic (exact) mass is 410 g/mol. The van der Waals surface area contributed by atoms with Crippen molar-refractivity contribution in [1.82, 2.24) is 15.2 Å². The number of hydrogen-bond acceptors (Lipinski definition) is 7. The standard InChI is InChI=1S/C21H22N4O5/c1-24(2)12-11-22-20(26)18-19(16-9-4-5-10-17(16)25(27)28)30-21(23-18)14-7-6-8-15(13-14)29-3/h4-10,13H,11-12H2,1-3H3,(H,22,26). The van der Waals surface area contributed by atoms with Crippen LogP contribution in [-0.2, 0) is 0 Å². The lowest BCUT2D eigenvalue weighted by Crippen LogP contribution is -2.31. The molecule has 1 amide bonds. The summed E-state index contributed by atoms with van der Waals surface area (Å²) in [7, 11) is 5.32. The van der Waals surface area contributed by atoms with E-state index < -0.39 is 10.8 Å². The van der Waals surface area contributed by atoms with Crippen LogP contribution >= 0.6 is 0 Å². The molecule has 0 bridgehead atoms. The number of amides is 1. The molecular formula is C21H22N4O5. The first kappa shape index (κ1) is 21.0. The van der Waals surface area contributed by atoms with E-state index in [1.54, 1.807) is 36.4 Å². The molecule has 0 saturated carbocycles. The van der Waals surface area contributed by atoms with Gasteiger partial charge >= 0.3 is 0 Å². The minimum Gasteiger partial charge on any atom is -0.497 e. The minimum atomic E-state index is -0.517. The molecule has 0 unspecified atom stereocenters. The summed E-state index contributed by atoms with van der Waals surface area (Å²) in [6, 6.07) is 13.1. The zero-order valence-corrected chi connectivity index (χ0v) is 16.9. The van der Waals surface area contributed by atoms with Crippen molar-refractivity contribution < 1.29 is 18.9 Å². The fourth-order valence-electron chi connectivity index (χ4n) is 2.84. The van der Waals surface area contributed by atoms with Crippen molar-refractivity contribution in [2.75, 3.05) is 34.3 Å². The van der Waals surface area contributed by atoms with Crippen LogP contribution in [0, 0.1) is 10.1 Å². The number of oxazole rings is 1. The van der Waals surface area contributed by atoms with E-state index >= 15 is 0 Å². The Morgan fingerprint density at radius 1 is 1.23 bits per heavy atom. The summed E-state index contributed by atoms with van der Waals surface area (Å²) in [4.78, 5) is 30.1. The van der Waals surface area contributed by atoms with Gasteiger partial charge in [0, 0.05) is 24.7 Å². The lowest BCUT2D eigenvalue weighted by Gasteiger charge is -2.09. The predicted molar refractivity (Wildman–Crippen MR) is 111 cm³/mol. The number of ether oxygens (including phenoxy) is 1. The van der Waals surface area contributed by atoms with Crippen LogP contribution in [0.2, 0.25) is 0 Å². The van der Waals surface area contributed by atoms with Crippen molar-refractivity contribution in [2.45, 2.75) is 0 Å². The normalized spacial score (nSPS) is 10.8. The Hall–Kier alpha value is -3.72. The number of hydrogen-bond donors (Lipinski definition) is 1. The lowest BCUT2D eigenvalue weighted by molar-refractivity contribution is -0.384. The first-order valence-electron chi connectivity index (χ1n) is 9.22. The van der Waals surface area contributed by atoms with Crippen LogP contribution < -0.4 is 10.1 Å². The fraction of sp³-hybridized carbons (Fsp3) is 0.238. The van der Waals surface area contributed by atoms with Gasteiger partial charge in [-0.15, -0.1) is 0 Å². The zero-order valence-electron chi connectivity index (χ0n) is 16.9. The Morgan fingerprint density at radius 3 is 2.70 bits per heavy atom. The molecule has 0 saturated heterocycles. The maximum Gasteiger partial charge on any atom is 0.280 e. The molecule has 0 fully saturated rings. The molecule has 0 atom stereocenters. The number of carbonyl (C=O) groups excluding carboxylic acids is 1. The number of aromatic nitrogens is 1. The quantitative estimate of drug-likeness (QED) is 0.448. The molecule has 0 aliphatic heterocycles. The van der Waals surface area contributed by atoms with Crippen molar-refractivity contribution in [3.63, 3.8) is 0 Å². The van der Waals surface area contributed by atoms with Crippen LogP contribution in [0.3, 0.4) is 0 Å². The Labute approximate surface area is 173 Å². The van der Waals surface area contributed by atoms with Gasteiger partial charge in [0.05, 0.1) is 17.6 Å². The van der Waals surface area contributed by atoms with Gasteiger partial charge in [-0.1, -0.05) is 18.2 Å². The third-order valence-corrected chi connectivity index (χ3v) is 4.35. The maximum atomic E-state index is 12.8. The van der Waals surface area contributed by atoms with Crippen LogP contribution in [0.15, 0.2) is 52.9 Å². The van der Waals surface area contributed by atoms with Gasteiger partial charge in [-0.05, 0) is 38.4 Å². The molecule has 9 nitrogen and oxygen atoms in total. The van der Waals surface area contributed by atoms with Gasteiger partial charge in [-0.25, -0.2) is 4.98 Å². The highest BCUT2D eigenvalue weighted by Gasteiger charge is 2.27. The van der Waals surface area contributed by atoms with Crippen LogP contribution in [0.1, 0.15) is 10.5 Å². The molecule has 9 heteroatoms. The van der Waals surface area contributed by atoms with Crippen LogP contribution in [0.5, 0.6) is 5.75 Å². The molecule has 0 aliphatic rings. The number of benzene rings is 2. The predicted octanol–water partition coefficient (Wildman–Crippen LogP) is 3.22. The van der Waals surface area contributed by atoms with Gasteiger partial charge in [0.25, 0.3) is 11.6 Å². The van der Waals surface area contributed by atoms with Crippen molar-refractivity contribution >= 4 is 11.6 Å². The second-order valence-corrected chi connectivity index (χ2v) is 6.76. The second-order valence-electron chi connectivity index (χ2n) is 6.76. The first-order valence-corrected chi connectivity index (χ1v) is 9.22. The molecule has 156 valence electrons. The summed E-state index contributed by atoms with van der Waals surface area (Å²) in [5.74, 6) is 0.333. The van der Waals surface area contributed by atoms with E-state index in [1.165, 1.54) is 19.2 Å². The van der Waals surface area contributed by atoms with Crippen LogP contribution in [-0.4, -0.2) is 55.0 Å². The highest BCUT2D eigenvalue weighted by Crippen LogP contribution is 2.35. The molecular weight excluding hydrogens is 388 g/mol. The van der Waals surface area contributed by atoms with E-state index in [4.69, 9.17) is 9.15 Å². The Bertz CT molecular complexity index is 1060. The van der Waals surface area contributed by atoms with E-state index in [2.05, 4.69) is 10.3 Å². The molecule has 0 aliphatic carbocycles. The van der Waals surface area contributed by atoms with E-state index in [0.717, 1.165) is 0 Å². The number of nitrogens with zero attached hydrogens (tertiary/aromatic N) is 3. The molecule has 1 heterocycles. The van der Waals surface area contributed by atoms with Crippen molar-refractivity contribution in [2.24, 2.45) is 0 Å². The van der Waals surface area contributed by atoms with Crippen LogP contribution in [0.4, 0.5) is 5.69 Å². The average molecular weight is 410 g/mol. The van der Waals surface area contributed by atoms with E-state index in [9.17, 15) is 14.9 Å². The topological polar surface area (TPSA) is 111 Å². The summed E-state index contributed by atoms with van der Waals surface area (Å²) < 4.78 is 11.1. The summed E-state index contributed by atoms with van der Waals surface area (Å²) in [6.07, 6.45) is 0. The Kier molecular flexibility index (Phi) is 6.43. The third-order valence-electron chi connectivity index (χ3n) is 4.35.